The number of piperazine rings is 2. The first-order chi connectivity index (χ1) is 20.5. The minimum absolute atomic E-state index is 0.437. The molecule has 4 saturated heterocycles. The Bertz CT molecular complexity index is 1240. The van der Waals surface area contributed by atoms with E-state index in [-0.39, 0.29) is 0 Å². The number of ether oxygens (including phenoxy) is 1. The Balaban J connectivity index is 0.958. The molecule has 0 spiro atoms. The first-order valence-electron chi connectivity index (χ1n) is 15.0. The van der Waals surface area contributed by atoms with E-state index in [9.17, 15) is 14.4 Å². The Morgan fingerprint density at radius 1 is 0.833 bits per heavy atom. The van der Waals surface area contributed by atoms with E-state index in [1.54, 1.807) is 16.9 Å². The fourth-order valence-corrected chi connectivity index (χ4v) is 6.49. The van der Waals surface area contributed by atoms with Crippen LogP contribution in [0.15, 0.2) is 54.6 Å². The van der Waals surface area contributed by atoms with Crippen molar-refractivity contribution in [3.63, 3.8) is 0 Å². The van der Waals surface area contributed by atoms with Crippen LogP contribution in [0.5, 0.6) is 5.75 Å². The fourth-order valence-electron chi connectivity index (χ4n) is 6.49. The van der Waals surface area contributed by atoms with Gasteiger partial charge >= 0.3 is 12.1 Å². The van der Waals surface area contributed by atoms with Gasteiger partial charge in [0.25, 0.3) is 5.91 Å². The number of urea groups is 1. The summed E-state index contributed by atoms with van der Waals surface area (Å²) in [5.74, 6) is 0.911. The predicted octanol–water partition coefficient (Wildman–Crippen LogP) is 2.73. The Morgan fingerprint density at radius 3 is 2.24 bits per heavy atom. The predicted molar refractivity (Wildman–Crippen MR) is 157 cm³/mol. The van der Waals surface area contributed by atoms with Crippen LogP contribution in [0.3, 0.4) is 0 Å². The molecule has 0 N–H and O–H groups in total. The number of anilines is 1. The Kier molecular flexibility index (Phi) is 8.48. The second kappa shape index (κ2) is 12.6. The third kappa shape index (κ3) is 6.17. The molecule has 2 aromatic carbocycles. The highest BCUT2D eigenvalue weighted by Gasteiger charge is 2.50. The van der Waals surface area contributed by atoms with E-state index in [0.717, 1.165) is 57.0 Å². The molecule has 0 aliphatic carbocycles. The molecule has 4 heterocycles. The topological polar surface area (TPSA) is 89.1 Å². The number of imide groups is 1. The number of hydroxylamine groups is 2. The van der Waals surface area contributed by atoms with Gasteiger partial charge < -0.3 is 24.3 Å². The summed E-state index contributed by atoms with van der Waals surface area (Å²) in [4.78, 5) is 54.7. The zero-order valence-electron chi connectivity index (χ0n) is 24.3. The third-order valence-electron chi connectivity index (χ3n) is 8.99. The standard InChI is InChI=1S/C31H40N6O5/c1-41-27-9-7-26(8-10-27)34-16-18-35(19-17-34)31(40)42-37-29(38)28-23-33(15-20-36(28)30(37)39)22-25-11-13-32(14-12-25)21-24-5-3-2-4-6-24/h2-10,25,28H,11-23H2,1H3/t28-/m0/s1. The Labute approximate surface area is 247 Å². The number of amides is 4. The molecule has 2 aromatic rings. The van der Waals surface area contributed by atoms with Gasteiger partial charge in [-0.3, -0.25) is 14.6 Å². The fraction of sp³-hybridized carbons (Fsp3) is 0.516. The molecule has 4 amide bonds. The lowest BCUT2D eigenvalue weighted by atomic mass is 9.95. The molecule has 0 saturated carbocycles. The summed E-state index contributed by atoms with van der Waals surface area (Å²) >= 11 is 0. The number of hydrogen-bond donors (Lipinski definition) is 0. The Hall–Kier alpha value is -3.83. The molecule has 4 aliphatic heterocycles. The van der Waals surface area contributed by atoms with Crippen molar-refractivity contribution in [2.24, 2.45) is 5.92 Å². The van der Waals surface area contributed by atoms with Gasteiger partial charge in [0.15, 0.2) is 0 Å². The molecule has 6 rings (SSSR count). The SMILES string of the molecule is COc1ccc(N2CCN(C(=O)ON3C(=O)[C@@H]4CN(CC5CCN(Cc6ccccc6)CC5)CCN4C3=O)CC2)cc1. The molecule has 11 heteroatoms. The zero-order valence-corrected chi connectivity index (χ0v) is 24.3. The molecule has 1 atom stereocenters. The highest BCUT2D eigenvalue weighted by molar-refractivity contribution is 6.04. The summed E-state index contributed by atoms with van der Waals surface area (Å²) in [5.41, 5.74) is 2.39. The van der Waals surface area contributed by atoms with Gasteiger partial charge in [0.1, 0.15) is 11.8 Å². The highest BCUT2D eigenvalue weighted by Crippen LogP contribution is 2.26. The lowest BCUT2D eigenvalue weighted by molar-refractivity contribution is -0.152. The van der Waals surface area contributed by atoms with Crippen molar-refractivity contribution in [3.8, 4) is 5.75 Å². The number of fused-ring (bicyclic) bond motifs is 1. The van der Waals surface area contributed by atoms with Crippen molar-refractivity contribution in [1.29, 1.82) is 0 Å². The first kappa shape index (κ1) is 28.3. The maximum absolute atomic E-state index is 13.2. The maximum atomic E-state index is 13.2. The monoisotopic (exact) mass is 576 g/mol. The van der Waals surface area contributed by atoms with Crippen LogP contribution in [-0.4, -0.2) is 121 Å². The van der Waals surface area contributed by atoms with Gasteiger partial charge in [-0.15, -0.1) is 0 Å². The van der Waals surface area contributed by atoms with Gasteiger partial charge in [0, 0.05) is 64.6 Å². The number of nitrogens with zero attached hydrogens (tertiary/aromatic N) is 6. The van der Waals surface area contributed by atoms with E-state index in [1.807, 2.05) is 30.3 Å². The number of rotatable bonds is 7. The molecule has 0 unspecified atom stereocenters. The van der Waals surface area contributed by atoms with Crippen LogP contribution in [0.4, 0.5) is 15.3 Å². The number of likely N-dealkylation sites (tertiary alicyclic amines) is 1. The van der Waals surface area contributed by atoms with Crippen LogP contribution < -0.4 is 9.64 Å². The average Bonchev–Trinajstić information content (AvgIpc) is 3.26. The van der Waals surface area contributed by atoms with Crippen molar-refractivity contribution in [1.82, 2.24) is 24.7 Å². The summed E-state index contributed by atoms with van der Waals surface area (Å²) < 4.78 is 5.23. The summed E-state index contributed by atoms with van der Waals surface area (Å²) in [5, 5.41) is 0.689. The van der Waals surface area contributed by atoms with E-state index in [4.69, 9.17) is 9.57 Å². The lowest BCUT2D eigenvalue weighted by Gasteiger charge is -2.39. The molecule has 0 aromatic heterocycles. The van der Waals surface area contributed by atoms with Gasteiger partial charge in [-0.25, -0.2) is 9.59 Å². The molecule has 11 nitrogen and oxygen atoms in total. The van der Waals surface area contributed by atoms with Crippen LogP contribution >= 0.6 is 0 Å². The molecule has 224 valence electrons. The lowest BCUT2D eigenvalue weighted by Crippen LogP contribution is -2.54. The first-order valence-corrected chi connectivity index (χ1v) is 15.0. The summed E-state index contributed by atoms with van der Waals surface area (Å²) in [6, 6.07) is 17.2. The summed E-state index contributed by atoms with van der Waals surface area (Å²) in [6.45, 7) is 7.81. The minimum Gasteiger partial charge on any atom is -0.497 e. The molecular formula is C31H40N6O5. The largest absolute Gasteiger partial charge is 0.497 e. The van der Waals surface area contributed by atoms with Crippen molar-refractivity contribution in [2.45, 2.75) is 25.4 Å². The van der Waals surface area contributed by atoms with Gasteiger partial charge in [-0.05, 0) is 61.7 Å². The smallest absolute Gasteiger partial charge is 0.434 e. The van der Waals surface area contributed by atoms with Crippen molar-refractivity contribution in [2.75, 3.05) is 77.5 Å². The molecule has 0 bridgehead atoms. The second-order valence-corrected chi connectivity index (χ2v) is 11.6. The molecule has 4 fully saturated rings. The number of carbonyl (C=O) groups excluding carboxylic acids is 3. The van der Waals surface area contributed by atoms with E-state index in [0.29, 0.717) is 50.2 Å². The molecular weight excluding hydrogens is 536 g/mol. The number of piperidine rings is 1. The van der Waals surface area contributed by atoms with Crippen LogP contribution in [0.2, 0.25) is 0 Å². The number of hydrogen-bond acceptors (Lipinski definition) is 8. The third-order valence-corrected chi connectivity index (χ3v) is 8.99. The minimum atomic E-state index is -0.662. The quantitative estimate of drug-likeness (QED) is 0.465. The highest BCUT2D eigenvalue weighted by atomic mass is 16.7. The van der Waals surface area contributed by atoms with Crippen molar-refractivity contribution >= 4 is 23.7 Å². The van der Waals surface area contributed by atoms with Gasteiger partial charge in [-0.1, -0.05) is 35.4 Å². The van der Waals surface area contributed by atoms with Crippen LogP contribution in [-0.2, 0) is 16.2 Å². The van der Waals surface area contributed by atoms with E-state index >= 15 is 0 Å². The van der Waals surface area contributed by atoms with Crippen molar-refractivity contribution in [3.05, 3.63) is 60.2 Å². The van der Waals surface area contributed by atoms with E-state index < -0.39 is 24.1 Å². The molecule has 42 heavy (non-hydrogen) atoms. The normalized spacial score (nSPS) is 22.5. The van der Waals surface area contributed by atoms with Crippen molar-refractivity contribution < 1.29 is 24.0 Å². The number of carbonyl (C=O) groups is 3. The van der Waals surface area contributed by atoms with Crippen LogP contribution in [0, 0.1) is 5.92 Å². The molecule has 0 radical (unpaired) electrons. The average molecular weight is 577 g/mol. The van der Waals surface area contributed by atoms with Gasteiger partial charge in [0.05, 0.1) is 7.11 Å². The van der Waals surface area contributed by atoms with E-state index in [1.165, 1.54) is 5.56 Å². The molecule has 4 aliphatic rings. The van der Waals surface area contributed by atoms with Crippen LogP contribution in [0.25, 0.3) is 0 Å². The van der Waals surface area contributed by atoms with E-state index in [2.05, 4.69) is 39.0 Å². The second-order valence-electron chi connectivity index (χ2n) is 11.6. The Morgan fingerprint density at radius 2 is 1.55 bits per heavy atom. The zero-order chi connectivity index (χ0) is 29.1. The maximum Gasteiger partial charge on any atom is 0.434 e. The summed E-state index contributed by atoms with van der Waals surface area (Å²) in [6.07, 6.45) is 1.59. The van der Waals surface area contributed by atoms with Gasteiger partial charge in [0.2, 0.25) is 0 Å². The number of benzene rings is 2. The summed E-state index contributed by atoms with van der Waals surface area (Å²) in [7, 11) is 1.63. The number of methoxy groups -OCH3 is 1. The van der Waals surface area contributed by atoms with Crippen LogP contribution in [0.1, 0.15) is 18.4 Å². The van der Waals surface area contributed by atoms with Gasteiger partial charge in [-0.2, -0.15) is 0 Å².